The molecule has 1 fully saturated rings. The number of rotatable bonds is 6. The van der Waals surface area contributed by atoms with E-state index in [0.29, 0.717) is 17.1 Å². The second kappa shape index (κ2) is 9.68. The van der Waals surface area contributed by atoms with E-state index in [1.54, 1.807) is 41.2 Å². The van der Waals surface area contributed by atoms with Crippen molar-refractivity contribution >= 4 is 17.6 Å². The zero-order valence-corrected chi connectivity index (χ0v) is 18.4. The maximum absolute atomic E-state index is 12.6. The molecule has 1 aromatic heterocycles. The Kier molecular flexibility index (Phi) is 6.54. The Labute approximate surface area is 188 Å². The summed E-state index contributed by atoms with van der Waals surface area (Å²) < 4.78 is 7.39. The minimum absolute atomic E-state index is 0.000483. The first-order chi connectivity index (χ1) is 15.5. The summed E-state index contributed by atoms with van der Waals surface area (Å²) in [6.07, 6.45) is 5.01. The molecule has 2 amide bonds. The Bertz CT molecular complexity index is 1050. The van der Waals surface area contributed by atoms with E-state index in [2.05, 4.69) is 24.3 Å². The van der Waals surface area contributed by atoms with Crippen LogP contribution in [0.3, 0.4) is 0 Å². The Balaban J connectivity index is 1.32. The fraction of sp³-hybridized carbons (Fsp3) is 0.320. The van der Waals surface area contributed by atoms with Crippen molar-refractivity contribution in [3.05, 3.63) is 72.4 Å². The van der Waals surface area contributed by atoms with Crippen LogP contribution in [0.25, 0.3) is 5.69 Å². The molecule has 32 heavy (non-hydrogen) atoms. The summed E-state index contributed by atoms with van der Waals surface area (Å²) in [7, 11) is 0. The lowest BCUT2D eigenvalue weighted by atomic mass is 9.97. The van der Waals surface area contributed by atoms with E-state index in [-0.39, 0.29) is 30.5 Å². The third-order valence-corrected chi connectivity index (χ3v) is 5.81. The van der Waals surface area contributed by atoms with Gasteiger partial charge in [-0.25, -0.2) is 4.68 Å². The van der Waals surface area contributed by atoms with Gasteiger partial charge in [-0.2, -0.15) is 5.10 Å². The average Bonchev–Trinajstić information content (AvgIpc) is 3.27. The van der Waals surface area contributed by atoms with Gasteiger partial charge in [0.25, 0.3) is 11.8 Å². The highest BCUT2D eigenvalue weighted by atomic mass is 16.5. The van der Waals surface area contributed by atoms with Crippen LogP contribution in [0.1, 0.15) is 43.5 Å². The number of aromatic nitrogens is 2. The molecule has 1 aliphatic rings. The molecule has 0 saturated carbocycles. The Hall–Kier alpha value is -3.61. The lowest BCUT2D eigenvalue weighted by Crippen LogP contribution is -2.49. The summed E-state index contributed by atoms with van der Waals surface area (Å²) in [5.41, 5.74) is 1.40. The molecule has 2 heterocycles. The van der Waals surface area contributed by atoms with Gasteiger partial charge < -0.3 is 15.0 Å². The molecule has 7 heteroatoms. The maximum Gasteiger partial charge on any atom is 0.260 e. The summed E-state index contributed by atoms with van der Waals surface area (Å²) in [5, 5.41) is 7.19. The predicted octanol–water partition coefficient (Wildman–Crippen LogP) is 4.29. The highest BCUT2D eigenvalue weighted by molar-refractivity contribution is 6.03. The van der Waals surface area contributed by atoms with Crippen LogP contribution in [0.2, 0.25) is 0 Å². The third-order valence-electron chi connectivity index (χ3n) is 5.81. The number of carbonyl (C=O) groups is 2. The molecular weight excluding hydrogens is 404 g/mol. The Morgan fingerprint density at radius 3 is 2.38 bits per heavy atom. The van der Waals surface area contributed by atoms with Crippen molar-refractivity contribution in [3.63, 3.8) is 0 Å². The van der Waals surface area contributed by atoms with Crippen LogP contribution in [-0.4, -0.2) is 45.2 Å². The number of hydrogen-bond donors (Lipinski definition) is 1. The van der Waals surface area contributed by atoms with E-state index in [9.17, 15) is 9.59 Å². The summed E-state index contributed by atoms with van der Waals surface area (Å²) in [6.45, 7) is 4.17. The number of amides is 2. The highest BCUT2D eigenvalue weighted by Crippen LogP contribution is 2.23. The summed E-state index contributed by atoms with van der Waals surface area (Å²) >= 11 is 0. The van der Waals surface area contributed by atoms with Crippen molar-refractivity contribution in [2.24, 2.45) is 0 Å². The molecular formula is C25H28N4O3. The van der Waals surface area contributed by atoms with Gasteiger partial charge in [0.1, 0.15) is 5.75 Å². The van der Waals surface area contributed by atoms with Gasteiger partial charge in [-0.15, -0.1) is 0 Å². The molecule has 1 N–H and O–H groups in total. The molecule has 0 aliphatic carbocycles. The number of carbonyl (C=O) groups excluding carboxylic acids is 2. The van der Waals surface area contributed by atoms with Gasteiger partial charge in [0.2, 0.25) is 0 Å². The number of hydrogen-bond acceptors (Lipinski definition) is 4. The number of nitrogens with zero attached hydrogens (tertiary/aromatic N) is 3. The summed E-state index contributed by atoms with van der Waals surface area (Å²) in [5.74, 6) is 0.762. The van der Waals surface area contributed by atoms with Gasteiger partial charge in [0.15, 0.2) is 12.4 Å². The molecule has 3 aromatic rings. The van der Waals surface area contributed by atoms with Crippen molar-refractivity contribution < 1.29 is 14.3 Å². The molecule has 0 bridgehead atoms. The fourth-order valence-corrected chi connectivity index (χ4v) is 4.14. The van der Waals surface area contributed by atoms with Crippen LogP contribution in [0.15, 0.2) is 66.9 Å². The second-order valence-electron chi connectivity index (χ2n) is 8.18. The topological polar surface area (TPSA) is 76.5 Å². The van der Waals surface area contributed by atoms with Crippen LogP contribution >= 0.6 is 0 Å². The van der Waals surface area contributed by atoms with Gasteiger partial charge in [0.05, 0.1) is 5.69 Å². The number of piperidine rings is 1. The Morgan fingerprint density at radius 2 is 1.69 bits per heavy atom. The molecule has 2 atom stereocenters. The van der Waals surface area contributed by atoms with Crippen LogP contribution in [0.4, 0.5) is 5.82 Å². The maximum atomic E-state index is 12.6. The van der Waals surface area contributed by atoms with Crippen LogP contribution in [0.5, 0.6) is 5.75 Å². The van der Waals surface area contributed by atoms with Crippen LogP contribution in [0, 0.1) is 0 Å². The SMILES string of the molecule is CC1CCCC(C)N1C(=O)COc1ccc(C(=O)Nc2ccn(-c3ccccc3)n2)cc1. The van der Waals surface area contributed by atoms with Gasteiger partial charge in [0, 0.05) is 29.9 Å². The number of benzene rings is 2. The average molecular weight is 433 g/mol. The summed E-state index contributed by atoms with van der Waals surface area (Å²) in [4.78, 5) is 27.1. The first-order valence-corrected chi connectivity index (χ1v) is 11.0. The standard InChI is InChI=1S/C25H28N4O3/c1-18-7-6-8-19(2)29(18)24(30)17-32-22-13-11-20(12-14-22)25(31)26-23-15-16-28(27-23)21-9-4-3-5-10-21/h3-5,9-16,18-19H,6-8,17H2,1-2H3,(H,26,27,31). The molecule has 1 aliphatic heterocycles. The monoisotopic (exact) mass is 432 g/mol. The highest BCUT2D eigenvalue weighted by Gasteiger charge is 2.28. The molecule has 7 nitrogen and oxygen atoms in total. The molecule has 2 unspecified atom stereocenters. The van der Waals surface area contributed by atoms with E-state index in [4.69, 9.17) is 4.74 Å². The molecule has 4 rings (SSSR count). The zero-order valence-electron chi connectivity index (χ0n) is 18.4. The summed E-state index contributed by atoms with van der Waals surface area (Å²) in [6, 6.07) is 18.7. The van der Waals surface area contributed by atoms with E-state index >= 15 is 0 Å². The van der Waals surface area contributed by atoms with Crippen LogP contribution < -0.4 is 10.1 Å². The van der Waals surface area contributed by atoms with Crippen molar-refractivity contribution in [2.75, 3.05) is 11.9 Å². The van der Waals surface area contributed by atoms with E-state index in [1.165, 1.54) is 0 Å². The number of likely N-dealkylation sites (tertiary alicyclic amines) is 1. The van der Waals surface area contributed by atoms with Gasteiger partial charge in [-0.1, -0.05) is 18.2 Å². The molecule has 0 spiro atoms. The first kappa shape index (κ1) is 21.6. The second-order valence-corrected chi connectivity index (χ2v) is 8.18. The van der Waals surface area contributed by atoms with Crippen molar-refractivity contribution in [2.45, 2.75) is 45.2 Å². The fourth-order valence-electron chi connectivity index (χ4n) is 4.14. The third kappa shape index (κ3) is 4.99. The number of anilines is 1. The minimum atomic E-state index is -0.262. The number of nitrogens with one attached hydrogen (secondary N) is 1. The zero-order chi connectivity index (χ0) is 22.5. The number of para-hydroxylation sites is 1. The van der Waals surface area contributed by atoms with Gasteiger partial charge in [-0.3, -0.25) is 9.59 Å². The quantitative estimate of drug-likeness (QED) is 0.630. The normalized spacial score (nSPS) is 18.2. The van der Waals surface area contributed by atoms with Crippen molar-refractivity contribution in [1.82, 2.24) is 14.7 Å². The molecule has 1 saturated heterocycles. The van der Waals surface area contributed by atoms with E-state index < -0.39 is 0 Å². The molecule has 0 radical (unpaired) electrons. The minimum Gasteiger partial charge on any atom is -0.484 e. The molecule has 2 aromatic carbocycles. The van der Waals surface area contributed by atoms with Crippen molar-refractivity contribution in [3.8, 4) is 11.4 Å². The lowest BCUT2D eigenvalue weighted by molar-refractivity contribution is -0.139. The smallest absolute Gasteiger partial charge is 0.260 e. The van der Waals surface area contributed by atoms with E-state index in [1.807, 2.05) is 35.2 Å². The largest absolute Gasteiger partial charge is 0.484 e. The van der Waals surface area contributed by atoms with Crippen LogP contribution in [-0.2, 0) is 4.79 Å². The number of ether oxygens (including phenoxy) is 1. The lowest BCUT2D eigenvalue weighted by Gasteiger charge is -2.38. The Morgan fingerprint density at radius 1 is 1.00 bits per heavy atom. The van der Waals surface area contributed by atoms with Gasteiger partial charge in [-0.05, 0) is 69.5 Å². The first-order valence-electron chi connectivity index (χ1n) is 11.0. The van der Waals surface area contributed by atoms with Gasteiger partial charge >= 0.3 is 0 Å². The molecule has 166 valence electrons. The van der Waals surface area contributed by atoms with E-state index in [0.717, 1.165) is 24.9 Å². The van der Waals surface area contributed by atoms with Crippen molar-refractivity contribution in [1.29, 1.82) is 0 Å². The predicted molar refractivity (Wildman–Crippen MR) is 123 cm³/mol.